The topological polar surface area (TPSA) is 57.6 Å². The standard InChI is InChI=1S/C18H26N6O/c1-4-22(5-2)17-14-19-21-18(20-17)24-12-10-23(11-13-24)15-6-8-16(25-3)9-7-15/h6-9,14H,4-5,10-13H2,1-3H3. The summed E-state index contributed by atoms with van der Waals surface area (Å²) in [7, 11) is 1.69. The van der Waals surface area contributed by atoms with Gasteiger partial charge in [-0.15, -0.1) is 5.10 Å². The highest BCUT2D eigenvalue weighted by Crippen LogP contribution is 2.22. The van der Waals surface area contributed by atoms with Gasteiger partial charge in [-0.3, -0.25) is 0 Å². The minimum absolute atomic E-state index is 0.721. The predicted octanol–water partition coefficient (Wildman–Crippen LogP) is 2.05. The van der Waals surface area contributed by atoms with Crippen molar-refractivity contribution in [3.8, 4) is 5.75 Å². The van der Waals surface area contributed by atoms with Gasteiger partial charge in [0.05, 0.1) is 13.3 Å². The highest BCUT2D eigenvalue weighted by Gasteiger charge is 2.20. The zero-order valence-electron chi connectivity index (χ0n) is 15.2. The van der Waals surface area contributed by atoms with Crippen molar-refractivity contribution in [2.24, 2.45) is 0 Å². The maximum Gasteiger partial charge on any atom is 0.247 e. The van der Waals surface area contributed by atoms with Gasteiger partial charge in [0, 0.05) is 45.0 Å². The molecule has 0 spiro atoms. The molecule has 2 heterocycles. The number of rotatable bonds is 6. The summed E-state index contributed by atoms with van der Waals surface area (Å²) in [6.45, 7) is 9.72. The summed E-state index contributed by atoms with van der Waals surface area (Å²) in [6.07, 6.45) is 1.74. The van der Waals surface area contributed by atoms with E-state index in [0.717, 1.165) is 56.8 Å². The van der Waals surface area contributed by atoms with E-state index in [0.29, 0.717) is 0 Å². The monoisotopic (exact) mass is 342 g/mol. The Morgan fingerprint density at radius 1 is 1.00 bits per heavy atom. The first-order valence-electron chi connectivity index (χ1n) is 8.83. The Labute approximate surface area is 149 Å². The zero-order valence-corrected chi connectivity index (χ0v) is 15.2. The van der Waals surface area contributed by atoms with Crippen LogP contribution in [0.2, 0.25) is 0 Å². The van der Waals surface area contributed by atoms with E-state index in [1.165, 1.54) is 5.69 Å². The van der Waals surface area contributed by atoms with Gasteiger partial charge < -0.3 is 19.4 Å². The van der Waals surface area contributed by atoms with Crippen LogP contribution in [0.3, 0.4) is 0 Å². The average molecular weight is 342 g/mol. The third-order valence-corrected chi connectivity index (χ3v) is 4.62. The Morgan fingerprint density at radius 2 is 1.64 bits per heavy atom. The van der Waals surface area contributed by atoms with Gasteiger partial charge in [-0.1, -0.05) is 0 Å². The quantitative estimate of drug-likeness (QED) is 0.796. The number of ether oxygens (including phenoxy) is 1. The minimum Gasteiger partial charge on any atom is -0.497 e. The normalized spacial score (nSPS) is 14.5. The molecule has 7 nitrogen and oxygen atoms in total. The Hall–Kier alpha value is -2.57. The summed E-state index contributed by atoms with van der Waals surface area (Å²) in [6, 6.07) is 8.21. The Kier molecular flexibility index (Phi) is 5.53. The van der Waals surface area contributed by atoms with Crippen LogP contribution in [0, 0.1) is 0 Å². The van der Waals surface area contributed by atoms with E-state index in [-0.39, 0.29) is 0 Å². The maximum absolute atomic E-state index is 5.23. The average Bonchev–Trinajstić information content (AvgIpc) is 2.69. The van der Waals surface area contributed by atoms with Crippen molar-refractivity contribution in [1.29, 1.82) is 0 Å². The van der Waals surface area contributed by atoms with Crippen molar-refractivity contribution in [2.75, 3.05) is 61.1 Å². The van der Waals surface area contributed by atoms with Crippen molar-refractivity contribution in [1.82, 2.24) is 15.2 Å². The SMILES string of the molecule is CCN(CC)c1cnnc(N2CCN(c3ccc(OC)cc3)CC2)n1. The number of methoxy groups -OCH3 is 1. The van der Waals surface area contributed by atoms with Crippen LogP contribution in [0.25, 0.3) is 0 Å². The lowest BCUT2D eigenvalue weighted by atomic mass is 10.2. The van der Waals surface area contributed by atoms with Crippen LogP contribution in [0.4, 0.5) is 17.5 Å². The maximum atomic E-state index is 5.23. The van der Waals surface area contributed by atoms with Crippen LogP contribution in [-0.4, -0.2) is 61.6 Å². The van der Waals surface area contributed by atoms with Gasteiger partial charge in [0.1, 0.15) is 5.75 Å². The molecule has 2 aromatic rings. The molecule has 1 aliphatic rings. The number of hydrogen-bond donors (Lipinski definition) is 0. The number of aromatic nitrogens is 3. The molecular weight excluding hydrogens is 316 g/mol. The first kappa shape index (κ1) is 17.3. The van der Waals surface area contributed by atoms with Crippen LogP contribution in [-0.2, 0) is 0 Å². The second-order valence-corrected chi connectivity index (χ2v) is 5.96. The molecule has 0 amide bonds. The molecule has 25 heavy (non-hydrogen) atoms. The third kappa shape index (κ3) is 3.92. The fraction of sp³-hybridized carbons (Fsp3) is 0.500. The summed E-state index contributed by atoms with van der Waals surface area (Å²) in [5, 5.41) is 8.39. The molecule has 7 heteroatoms. The summed E-state index contributed by atoms with van der Waals surface area (Å²) >= 11 is 0. The first-order chi connectivity index (χ1) is 12.2. The smallest absolute Gasteiger partial charge is 0.247 e. The molecule has 1 aromatic heterocycles. The van der Waals surface area contributed by atoms with Gasteiger partial charge in [0.15, 0.2) is 5.82 Å². The molecule has 134 valence electrons. The van der Waals surface area contributed by atoms with Crippen LogP contribution < -0.4 is 19.4 Å². The van der Waals surface area contributed by atoms with E-state index < -0.39 is 0 Å². The predicted molar refractivity (Wildman–Crippen MR) is 101 cm³/mol. The number of piperazine rings is 1. The molecule has 0 saturated carbocycles. The molecule has 3 rings (SSSR count). The molecule has 1 saturated heterocycles. The Balaban J connectivity index is 1.64. The molecule has 0 unspecified atom stereocenters. The van der Waals surface area contributed by atoms with E-state index in [2.05, 4.69) is 50.9 Å². The van der Waals surface area contributed by atoms with E-state index in [9.17, 15) is 0 Å². The number of nitrogens with zero attached hydrogens (tertiary/aromatic N) is 6. The van der Waals surface area contributed by atoms with Gasteiger partial charge in [-0.25, -0.2) is 0 Å². The lowest BCUT2D eigenvalue weighted by molar-refractivity contribution is 0.415. The molecule has 0 N–H and O–H groups in total. The van der Waals surface area contributed by atoms with Crippen molar-refractivity contribution >= 4 is 17.5 Å². The number of anilines is 3. The van der Waals surface area contributed by atoms with Crippen molar-refractivity contribution < 1.29 is 4.74 Å². The summed E-state index contributed by atoms with van der Waals surface area (Å²) < 4.78 is 5.23. The Bertz CT molecular complexity index is 666. The number of hydrogen-bond acceptors (Lipinski definition) is 7. The summed E-state index contributed by atoms with van der Waals surface area (Å²) in [5.74, 6) is 2.50. The molecular formula is C18H26N6O. The third-order valence-electron chi connectivity index (χ3n) is 4.62. The lowest BCUT2D eigenvalue weighted by Gasteiger charge is -2.36. The largest absolute Gasteiger partial charge is 0.497 e. The molecule has 0 aliphatic carbocycles. The van der Waals surface area contributed by atoms with E-state index in [1.807, 2.05) is 12.1 Å². The van der Waals surface area contributed by atoms with Crippen molar-refractivity contribution in [2.45, 2.75) is 13.8 Å². The van der Waals surface area contributed by atoms with Gasteiger partial charge >= 0.3 is 0 Å². The fourth-order valence-corrected chi connectivity index (χ4v) is 3.08. The summed E-state index contributed by atoms with van der Waals surface area (Å²) in [5.41, 5.74) is 1.22. The van der Waals surface area contributed by atoms with Crippen LogP contribution in [0.1, 0.15) is 13.8 Å². The second-order valence-electron chi connectivity index (χ2n) is 5.96. The molecule has 0 radical (unpaired) electrons. The van der Waals surface area contributed by atoms with Crippen molar-refractivity contribution in [3.05, 3.63) is 30.5 Å². The van der Waals surface area contributed by atoms with Gasteiger partial charge in [0.25, 0.3) is 0 Å². The summed E-state index contributed by atoms with van der Waals surface area (Å²) in [4.78, 5) is 11.5. The van der Waals surface area contributed by atoms with E-state index in [1.54, 1.807) is 13.3 Å². The zero-order chi connectivity index (χ0) is 17.6. The van der Waals surface area contributed by atoms with E-state index in [4.69, 9.17) is 9.72 Å². The molecule has 1 fully saturated rings. The highest BCUT2D eigenvalue weighted by atomic mass is 16.5. The molecule has 1 aromatic carbocycles. The molecule has 0 bridgehead atoms. The van der Waals surface area contributed by atoms with Gasteiger partial charge in [-0.2, -0.15) is 10.1 Å². The molecule has 1 aliphatic heterocycles. The lowest BCUT2D eigenvalue weighted by Crippen LogP contribution is -2.47. The van der Waals surface area contributed by atoms with Crippen LogP contribution in [0.15, 0.2) is 30.5 Å². The highest BCUT2D eigenvalue weighted by molar-refractivity contribution is 5.51. The van der Waals surface area contributed by atoms with Gasteiger partial charge in [0.2, 0.25) is 5.95 Å². The minimum atomic E-state index is 0.721. The first-order valence-corrected chi connectivity index (χ1v) is 8.83. The Morgan fingerprint density at radius 3 is 2.24 bits per heavy atom. The fourth-order valence-electron chi connectivity index (χ4n) is 3.08. The van der Waals surface area contributed by atoms with Crippen LogP contribution in [0.5, 0.6) is 5.75 Å². The van der Waals surface area contributed by atoms with Crippen LogP contribution >= 0.6 is 0 Å². The second kappa shape index (κ2) is 8.00. The molecule has 0 atom stereocenters. The number of benzene rings is 1. The van der Waals surface area contributed by atoms with E-state index >= 15 is 0 Å². The van der Waals surface area contributed by atoms with Gasteiger partial charge in [-0.05, 0) is 38.1 Å². The van der Waals surface area contributed by atoms with Crippen molar-refractivity contribution in [3.63, 3.8) is 0 Å².